The van der Waals surface area contributed by atoms with E-state index in [2.05, 4.69) is 23.8 Å². The van der Waals surface area contributed by atoms with Crippen molar-refractivity contribution in [3.8, 4) is 5.75 Å². The third-order valence-electron chi connectivity index (χ3n) is 3.24. The first-order chi connectivity index (χ1) is 10.5. The number of hydrogen-bond donors (Lipinski definition) is 0. The van der Waals surface area contributed by atoms with Crippen molar-refractivity contribution in [2.75, 3.05) is 20.2 Å². The lowest BCUT2D eigenvalue weighted by molar-refractivity contribution is 0.197. The van der Waals surface area contributed by atoms with Crippen LogP contribution >= 0.6 is 23.8 Å². The highest BCUT2D eigenvalue weighted by atomic mass is 35.5. The van der Waals surface area contributed by atoms with Gasteiger partial charge in [-0.15, -0.1) is 0 Å². The van der Waals surface area contributed by atoms with Gasteiger partial charge in [-0.1, -0.05) is 11.6 Å². The van der Waals surface area contributed by atoms with E-state index in [0.29, 0.717) is 24.3 Å². The first-order valence-electron chi connectivity index (χ1n) is 7.18. The molecule has 0 amide bonds. The van der Waals surface area contributed by atoms with Crippen molar-refractivity contribution in [3.05, 3.63) is 40.4 Å². The Morgan fingerprint density at radius 1 is 1.32 bits per heavy atom. The highest BCUT2D eigenvalue weighted by Gasteiger charge is 2.07. The third kappa shape index (κ3) is 4.56. The van der Waals surface area contributed by atoms with Gasteiger partial charge in [-0.05, 0) is 57.4 Å². The van der Waals surface area contributed by atoms with E-state index in [0.717, 1.165) is 17.1 Å². The summed E-state index contributed by atoms with van der Waals surface area (Å²) in [6, 6.07) is 7.68. The molecular weight excluding hydrogens is 320 g/mol. The molecule has 0 aliphatic heterocycles. The van der Waals surface area contributed by atoms with Gasteiger partial charge in [-0.3, -0.25) is 4.90 Å². The Morgan fingerprint density at radius 2 is 2.00 bits per heavy atom. The van der Waals surface area contributed by atoms with E-state index >= 15 is 0 Å². The van der Waals surface area contributed by atoms with Gasteiger partial charge in [0.15, 0.2) is 4.77 Å². The Kier molecular flexibility index (Phi) is 5.99. The topological polar surface area (TPSA) is 35.2 Å². The zero-order chi connectivity index (χ0) is 16.1. The molecule has 0 spiro atoms. The van der Waals surface area contributed by atoms with Crippen LogP contribution in [0.2, 0.25) is 5.02 Å². The largest absolute Gasteiger partial charge is 0.492 e. The molecule has 0 saturated heterocycles. The molecule has 0 fully saturated rings. The molecule has 2 aromatic rings. The van der Waals surface area contributed by atoms with Crippen LogP contribution in [-0.2, 0) is 6.67 Å². The molecule has 7 heteroatoms. The molecule has 0 aliphatic rings. The molecule has 120 valence electrons. The van der Waals surface area contributed by atoms with Gasteiger partial charge in [0, 0.05) is 17.6 Å². The lowest BCUT2D eigenvalue weighted by atomic mass is 10.3. The summed E-state index contributed by atoms with van der Waals surface area (Å²) in [5, 5.41) is 5.04. The van der Waals surface area contributed by atoms with Crippen molar-refractivity contribution >= 4 is 23.8 Å². The minimum Gasteiger partial charge on any atom is -0.492 e. The number of nitrogens with zero attached hydrogens (tertiary/aromatic N) is 4. The van der Waals surface area contributed by atoms with E-state index in [1.165, 1.54) is 0 Å². The van der Waals surface area contributed by atoms with Gasteiger partial charge in [-0.2, -0.15) is 5.10 Å². The smallest absolute Gasteiger partial charge is 0.199 e. The minimum atomic E-state index is 0.319. The molecule has 0 N–H and O–H groups in total. The second-order valence-corrected chi connectivity index (χ2v) is 6.24. The summed E-state index contributed by atoms with van der Waals surface area (Å²) in [5.74, 6) is 0.818. The normalized spacial score (nSPS) is 11.4. The van der Waals surface area contributed by atoms with Crippen molar-refractivity contribution in [2.24, 2.45) is 0 Å². The number of benzene rings is 1. The van der Waals surface area contributed by atoms with Gasteiger partial charge in [0.05, 0.1) is 6.67 Å². The Morgan fingerprint density at radius 3 is 2.59 bits per heavy atom. The lowest BCUT2D eigenvalue weighted by Gasteiger charge is -2.17. The number of halogens is 1. The molecule has 22 heavy (non-hydrogen) atoms. The maximum atomic E-state index is 5.84. The first-order valence-corrected chi connectivity index (χ1v) is 7.97. The van der Waals surface area contributed by atoms with Gasteiger partial charge in [-0.25, -0.2) is 4.68 Å². The predicted octanol–water partition coefficient (Wildman–Crippen LogP) is 3.62. The summed E-state index contributed by atoms with van der Waals surface area (Å²) in [5.41, 5.74) is 0. The molecule has 1 aromatic heterocycles. The molecule has 0 bridgehead atoms. The molecule has 2 rings (SSSR count). The third-order valence-corrected chi connectivity index (χ3v) is 3.92. The van der Waals surface area contributed by atoms with Crippen LogP contribution in [0.15, 0.2) is 30.6 Å². The Bertz CT molecular complexity index is 650. The van der Waals surface area contributed by atoms with E-state index < -0.39 is 0 Å². The van der Waals surface area contributed by atoms with Crippen LogP contribution in [0, 0.1) is 4.77 Å². The van der Waals surface area contributed by atoms with E-state index in [-0.39, 0.29) is 0 Å². The molecule has 0 radical (unpaired) electrons. The Hall–Kier alpha value is -1.37. The maximum Gasteiger partial charge on any atom is 0.199 e. The minimum absolute atomic E-state index is 0.319. The van der Waals surface area contributed by atoms with Crippen LogP contribution in [-0.4, -0.2) is 39.4 Å². The lowest BCUT2D eigenvalue weighted by Crippen LogP contribution is -2.27. The van der Waals surface area contributed by atoms with Gasteiger partial charge in [0.2, 0.25) is 0 Å². The maximum absolute atomic E-state index is 5.84. The van der Waals surface area contributed by atoms with Crippen LogP contribution < -0.4 is 4.74 Å². The second-order valence-electron chi connectivity index (χ2n) is 5.44. The highest BCUT2D eigenvalue weighted by Crippen LogP contribution is 2.15. The van der Waals surface area contributed by atoms with Gasteiger partial charge in [0.25, 0.3) is 0 Å². The molecule has 0 aliphatic carbocycles. The van der Waals surface area contributed by atoms with Crippen LogP contribution in [0.5, 0.6) is 5.75 Å². The zero-order valence-electron chi connectivity index (χ0n) is 13.1. The number of hydrogen-bond acceptors (Lipinski definition) is 4. The van der Waals surface area contributed by atoms with Crippen LogP contribution in [0.1, 0.15) is 19.9 Å². The van der Waals surface area contributed by atoms with E-state index in [1.54, 1.807) is 6.33 Å². The molecule has 1 aromatic carbocycles. The predicted molar refractivity (Wildman–Crippen MR) is 91.0 cm³/mol. The van der Waals surface area contributed by atoms with Crippen LogP contribution in [0.3, 0.4) is 0 Å². The quantitative estimate of drug-likeness (QED) is 0.721. The fraction of sp³-hybridized carbons (Fsp3) is 0.467. The van der Waals surface area contributed by atoms with Crippen molar-refractivity contribution in [3.63, 3.8) is 0 Å². The standard InChI is InChI=1S/C15H21ClN4OS/c1-12(2)19-10-17-20(15(19)22)11-18(3)8-9-21-14-6-4-13(16)5-7-14/h4-7,10,12H,8-9,11H2,1-3H3. The summed E-state index contributed by atoms with van der Waals surface area (Å²) >= 11 is 11.3. The number of rotatable bonds is 7. The van der Waals surface area contributed by atoms with Crippen molar-refractivity contribution < 1.29 is 4.74 Å². The van der Waals surface area contributed by atoms with E-state index in [1.807, 2.05) is 40.6 Å². The average Bonchev–Trinajstić information content (AvgIpc) is 2.82. The highest BCUT2D eigenvalue weighted by molar-refractivity contribution is 7.71. The van der Waals surface area contributed by atoms with Crippen molar-refractivity contribution in [1.29, 1.82) is 0 Å². The van der Waals surface area contributed by atoms with Crippen molar-refractivity contribution in [2.45, 2.75) is 26.6 Å². The summed E-state index contributed by atoms with van der Waals surface area (Å²) in [6.45, 7) is 6.19. The number of ether oxygens (including phenoxy) is 1. The van der Waals surface area contributed by atoms with Gasteiger partial charge >= 0.3 is 0 Å². The fourth-order valence-corrected chi connectivity index (χ4v) is 2.44. The van der Waals surface area contributed by atoms with E-state index in [9.17, 15) is 0 Å². The molecule has 0 saturated carbocycles. The van der Waals surface area contributed by atoms with E-state index in [4.69, 9.17) is 28.6 Å². The van der Waals surface area contributed by atoms with Crippen LogP contribution in [0.25, 0.3) is 0 Å². The second kappa shape index (κ2) is 7.76. The average molecular weight is 341 g/mol. The SMILES string of the molecule is CC(C)n1cnn(CN(C)CCOc2ccc(Cl)cc2)c1=S. The number of likely N-dealkylation sites (N-methyl/N-ethyl adjacent to an activating group) is 1. The summed E-state index contributed by atoms with van der Waals surface area (Å²) in [7, 11) is 2.02. The number of aromatic nitrogens is 3. The molecular formula is C15H21ClN4OS. The summed E-state index contributed by atoms with van der Waals surface area (Å²) in [6.07, 6.45) is 1.78. The molecule has 0 unspecified atom stereocenters. The molecule has 1 heterocycles. The molecule has 5 nitrogen and oxygen atoms in total. The van der Waals surface area contributed by atoms with Gasteiger partial charge < -0.3 is 9.30 Å². The van der Waals surface area contributed by atoms with Crippen LogP contribution in [0.4, 0.5) is 0 Å². The van der Waals surface area contributed by atoms with Gasteiger partial charge in [0.1, 0.15) is 18.7 Å². The molecule has 0 atom stereocenters. The zero-order valence-corrected chi connectivity index (χ0v) is 14.6. The fourth-order valence-electron chi connectivity index (χ4n) is 1.95. The Labute approximate surface area is 141 Å². The first kappa shape index (κ1) is 17.0. The Balaban J connectivity index is 1.82. The summed E-state index contributed by atoms with van der Waals surface area (Å²) < 4.78 is 10.2. The van der Waals surface area contributed by atoms with Crippen molar-refractivity contribution in [1.82, 2.24) is 19.2 Å². The summed E-state index contributed by atoms with van der Waals surface area (Å²) in [4.78, 5) is 2.11. The monoisotopic (exact) mass is 340 g/mol.